The fourth-order valence-electron chi connectivity index (χ4n) is 6.50. The van der Waals surface area contributed by atoms with Crippen molar-refractivity contribution in [3.05, 3.63) is 82.3 Å². The van der Waals surface area contributed by atoms with Crippen LogP contribution in [-0.4, -0.2) is 70.3 Å². The molecule has 6 nitrogen and oxygen atoms in total. The highest BCUT2D eigenvalue weighted by atomic mass is 19.4. The Balaban J connectivity index is 1.44. The average Bonchev–Trinajstić information content (AvgIpc) is 3.45. The Bertz CT molecular complexity index is 1430. The van der Waals surface area contributed by atoms with Crippen molar-refractivity contribution in [1.82, 2.24) is 19.6 Å². The van der Waals surface area contributed by atoms with Crippen molar-refractivity contribution < 1.29 is 40.3 Å². The number of alkyl halides is 6. The maximum absolute atomic E-state index is 14.1. The number of hydrogen-bond donors (Lipinski definition) is 0. The molecule has 3 aliphatic rings. The Morgan fingerprint density at radius 1 is 0.955 bits per heavy atom. The van der Waals surface area contributed by atoms with E-state index in [2.05, 4.69) is 0 Å². The maximum atomic E-state index is 14.1. The van der Waals surface area contributed by atoms with Gasteiger partial charge in [0.25, 0.3) is 0 Å². The molecule has 44 heavy (non-hydrogen) atoms. The number of likely N-dealkylation sites (tertiary alicyclic amines) is 1. The Kier molecular flexibility index (Phi) is 8.36. The number of rotatable bonds is 4. The van der Waals surface area contributed by atoms with Crippen LogP contribution in [-0.2, 0) is 17.1 Å². The number of piperidine rings is 1. The first kappa shape index (κ1) is 31.6. The zero-order valence-electron chi connectivity index (χ0n) is 24.4. The molecule has 238 valence electrons. The fourth-order valence-corrected chi connectivity index (χ4v) is 6.50. The first-order valence-corrected chi connectivity index (χ1v) is 14.4. The highest BCUT2D eigenvalue weighted by Crippen LogP contribution is 2.40. The summed E-state index contributed by atoms with van der Waals surface area (Å²) in [5, 5.41) is 0. The van der Waals surface area contributed by atoms with Crippen LogP contribution in [0, 0.1) is 12.7 Å². The molecular formula is C31H33F7N4O2. The SMILES string of the molecule is Cc1cc(F)ccc1[C@H]1C[C@H](N2CCN3C=CC[C@@H]3C2=O)CCN1C(=O)N(C)[C@@H](C)c1cc(C(F)(F)F)cc(C(F)(F)F)c1. The molecule has 0 unspecified atom stereocenters. The predicted molar refractivity (Wildman–Crippen MR) is 148 cm³/mol. The molecule has 0 radical (unpaired) electrons. The van der Waals surface area contributed by atoms with Crippen LogP contribution in [0.5, 0.6) is 0 Å². The largest absolute Gasteiger partial charge is 0.416 e. The molecule has 0 N–H and O–H groups in total. The smallest absolute Gasteiger partial charge is 0.364 e. The standard InChI is InChI=1S/C31H33F7N4O2/c1-18-13-23(32)6-7-25(18)27-17-24(41-12-11-40-9-4-5-26(40)28(41)43)8-10-42(27)29(44)39(3)19(2)20-14-21(30(33,34)35)16-22(15-20)31(36,37)38/h4,6-7,9,13-16,19,24,26-27H,5,8,10-12,17H2,1-3H3/t19-,24+,26+,27+/m0/s1. The number of fused-ring (bicyclic) bond motifs is 1. The van der Waals surface area contributed by atoms with Gasteiger partial charge in [-0.25, -0.2) is 9.18 Å². The van der Waals surface area contributed by atoms with E-state index in [1.54, 1.807) is 13.0 Å². The number of benzene rings is 2. The van der Waals surface area contributed by atoms with E-state index >= 15 is 0 Å². The molecule has 2 aromatic rings. The van der Waals surface area contributed by atoms with Crippen LogP contribution in [0.4, 0.5) is 35.5 Å². The van der Waals surface area contributed by atoms with Crippen LogP contribution >= 0.6 is 0 Å². The Morgan fingerprint density at radius 3 is 2.23 bits per heavy atom. The van der Waals surface area contributed by atoms with Crippen LogP contribution < -0.4 is 0 Å². The minimum absolute atomic E-state index is 0.00337. The molecule has 5 rings (SSSR count). The first-order chi connectivity index (χ1) is 20.6. The van der Waals surface area contributed by atoms with E-state index in [9.17, 15) is 40.3 Å². The van der Waals surface area contributed by atoms with E-state index < -0.39 is 47.4 Å². The summed E-state index contributed by atoms with van der Waals surface area (Å²) in [5.74, 6) is -0.469. The molecule has 2 saturated heterocycles. The highest BCUT2D eigenvalue weighted by molar-refractivity contribution is 5.84. The Morgan fingerprint density at radius 2 is 1.61 bits per heavy atom. The third-order valence-corrected chi connectivity index (χ3v) is 9.05. The summed E-state index contributed by atoms with van der Waals surface area (Å²) < 4.78 is 95.2. The molecular weight excluding hydrogens is 593 g/mol. The molecule has 3 heterocycles. The van der Waals surface area contributed by atoms with Gasteiger partial charge in [0, 0.05) is 32.7 Å². The van der Waals surface area contributed by atoms with Crippen LogP contribution in [0.1, 0.15) is 66.1 Å². The quantitative estimate of drug-likeness (QED) is 0.347. The number of urea groups is 1. The predicted octanol–water partition coefficient (Wildman–Crippen LogP) is 6.92. The zero-order chi connectivity index (χ0) is 32.1. The number of aryl methyl sites for hydroxylation is 1. The summed E-state index contributed by atoms with van der Waals surface area (Å²) in [4.78, 5) is 33.8. The lowest BCUT2D eigenvalue weighted by molar-refractivity contribution is -0.144. The Labute approximate surface area is 250 Å². The molecule has 4 atom stereocenters. The summed E-state index contributed by atoms with van der Waals surface area (Å²) in [6.07, 6.45) is -4.79. The van der Waals surface area contributed by atoms with E-state index in [1.165, 1.54) is 31.0 Å². The number of amides is 3. The van der Waals surface area contributed by atoms with Crippen molar-refractivity contribution in [2.45, 2.75) is 69.6 Å². The molecule has 2 aromatic carbocycles. The molecule has 0 aromatic heterocycles. The van der Waals surface area contributed by atoms with Crippen molar-refractivity contribution in [2.75, 3.05) is 26.7 Å². The number of carbonyl (C=O) groups is 2. The molecule has 0 saturated carbocycles. The van der Waals surface area contributed by atoms with Gasteiger partial charge < -0.3 is 19.6 Å². The lowest BCUT2D eigenvalue weighted by Gasteiger charge is -2.48. The third kappa shape index (κ3) is 6.10. The molecule has 0 aliphatic carbocycles. The Hall–Kier alpha value is -3.77. The summed E-state index contributed by atoms with van der Waals surface area (Å²) in [6.45, 7) is 4.42. The number of hydrogen-bond acceptors (Lipinski definition) is 3. The number of nitrogens with zero attached hydrogens (tertiary/aromatic N) is 4. The monoisotopic (exact) mass is 626 g/mol. The average molecular weight is 627 g/mol. The van der Waals surface area contributed by atoms with Gasteiger partial charge in [0.2, 0.25) is 5.91 Å². The number of carbonyl (C=O) groups excluding carboxylic acids is 2. The normalized spacial score (nSPS) is 23.2. The van der Waals surface area contributed by atoms with Crippen LogP contribution in [0.3, 0.4) is 0 Å². The minimum atomic E-state index is -5.02. The van der Waals surface area contributed by atoms with Crippen molar-refractivity contribution in [2.24, 2.45) is 0 Å². The first-order valence-electron chi connectivity index (χ1n) is 14.4. The lowest BCUT2D eigenvalue weighted by Crippen LogP contribution is -2.59. The topological polar surface area (TPSA) is 47.1 Å². The van der Waals surface area contributed by atoms with Gasteiger partial charge in [-0.2, -0.15) is 26.3 Å². The lowest BCUT2D eigenvalue weighted by atomic mass is 9.88. The zero-order valence-corrected chi connectivity index (χ0v) is 24.4. The molecule has 3 aliphatic heterocycles. The fraction of sp³-hybridized carbons (Fsp3) is 0.484. The second-order valence-electron chi connectivity index (χ2n) is 11.7. The van der Waals surface area contributed by atoms with Gasteiger partial charge in [0.1, 0.15) is 11.9 Å². The number of halogens is 7. The number of piperazine rings is 1. The van der Waals surface area contributed by atoms with Gasteiger partial charge in [-0.3, -0.25) is 4.79 Å². The summed E-state index contributed by atoms with van der Waals surface area (Å²) in [5.41, 5.74) is -2.01. The van der Waals surface area contributed by atoms with Crippen molar-refractivity contribution >= 4 is 11.9 Å². The van der Waals surface area contributed by atoms with E-state index in [1.807, 2.05) is 22.1 Å². The van der Waals surface area contributed by atoms with Crippen molar-refractivity contribution in [1.29, 1.82) is 0 Å². The van der Waals surface area contributed by atoms with Crippen molar-refractivity contribution in [3.63, 3.8) is 0 Å². The van der Waals surface area contributed by atoms with E-state index in [4.69, 9.17) is 0 Å². The molecule has 3 amide bonds. The summed E-state index contributed by atoms with van der Waals surface area (Å²) in [6, 6.07) is 2.63. The van der Waals surface area contributed by atoms with E-state index in [0.29, 0.717) is 55.6 Å². The van der Waals surface area contributed by atoms with Crippen LogP contribution in [0.25, 0.3) is 0 Å². The van der Waals surface area contributed by atoms with Gasteiger partial charge >= 0.3 is 18.4 Å². The summed E-state index contributed by atoms with van der Waals surface area (Å²) in [7, 11) is 1.33. The summed E-state index contributed by atoms with van der Waals surface area (Å²) >= 11 is 0. The van der Waals surface area contributed by atoms with E-state index in [0.717, 1.165) is 4.90 Å². The molecule has 0 spiro atoms. The maximum Gasteiger partial charge on any atom is 0.416 e. The molecule has 13 heteroatoms. The second kappa shape index (κ2) is 11.6. The van der Waals surface area contributed by atoms with Gasteiger partial charge in [-0.05, 0) is 86.3 Å². The van der Waals surface area contributed by atoms with Crippen molar-refractivity contribution in [3.8, 4) is 0 Å². The van der Waals surface area contributed by atoms with Gasteiger partial charge in [0.05, 0.1) is 23.2 Å². The third-order valence-electron chi connectivity index (χ3n) is 9.05. The van der Waals surface area contributed by atoms with Gasteiger partial charge in [-0.1, -0.05) is 12.1 Å². The molecule has 0 bridgehead atoms. The second-order valence-corrected chi connectivity index (χ2v) is 11.7. The van der Waals surface area contributed by atoms with Crippen LogP contribution in [0.2, 0.25) is 0 Å². The van der Waals surface area contributed by atoms with Gasteiger partial charge in [-0.15, -0.1) is 0 Å². The highest BCUT2D eigenvalue weighted by Gasteiger charge is 2.43. The molecule has 2 fully saturated rings. The van der Waals surface area contributed by atoms with Crippen LogP contribution in [0.15, 0.2) is 48.7 Å². The van der Waals surface area contributed by atoms with E-state index in [-0.39, 0.29) is 36.2 Å². The van der Waals surface area contributed by atoms with Gasteiger partial charge in [0.15, 0.2) is 0 Å². The minimum Gasteiger partial charge on any atom is -0.364 e.